The highest BCUT2D eigenvalue weighted by Crippen LogP contribution is 2.21. The molecule has 0 bridgehead atoms. The summed E-state index contributed by atoms with van der Waals surface area (Å²) >= 11 is 0. The fourth-order valence-corrected chi connectivity index (χ4v) is 2.09. The van der Waals surface area contributed by atoms with Crippen LogP contribution < -0.4 is 4.57 Å². The zero-order valence-electron chi connectivity index (χ0n) is 11.5. The molecule has 2 aromatic rings. The number of benzene rings is 1. The molecule has 0 amide bonds. The highest BCUT2D eigenvalue weighted by atomic mass is 14.9. The Kier molecular flexibility index (Phi) is 4.14. The largest absolute Gasteiger partial charge is 0.200 e. The number of hydrogen-bond donors (Lipinski definition) is 0. The lowest BCUT2D eigenvalue weighted by atomic mass is 9.91. The van der Waals surface area contributed by atoms with Gasteiger partial charge in [0, 0.05) is 17.2 Å². The average Bonchev–Trinajstić information content (AvgIpc) is 2.39. The maximum Gasteiger partial charge on any atom is 0.173 e. The molecule has 1 aromatic heterocycles. The van der Waals surface area contributed by atoms with Crippen molar-refractivity contribution in [3.8, 4) is 0 Å². The molecule has 1 aromatic carbocycles. The zero-order valence-corrected chi connectivity index (χ0v) is 11.5. The summed E-state index contributed by atoms with van der Waals surface area (Å²) in [5, 5.41) is 0. The van der Waals surface area contributed by atoms with Crippen molar-refractivity contribution in [3.05, 3.63) is 66.0 Å². The summed E-state index contributed by atoms with van der Waals surface area (Å²) in [5.74, 6) is 1.28. The Labute approximate surface area is 110 Å². The van der Waals surface area contributed by atoms with Crippen LogP contribution in [0.15, 0.2) is 54.9 Å². The maximum atomic E-state index is 2.30. The smallest absolute Gasteiger partial charge is 0.173 e. The van der Waals surface area contributed by atoms with Gasteiger partial charge in [0.05, 0.1) is 0 Å². The van der Waals surface area contributed by atoms with Crippen LogP contribution in [0.1, 0.15) is 37.8 Å². The summed E-state index contributed by atoms with van der Waals surface area (Å²) in [6, 6.07) is 15.0. The van der Waals surface area contributed by atoms with E-state index in [1.165, 1.54) is 11.1 Å². The Hall–Kier alpha value is -1.63. The number of nitrogens with zero attached hydrogens (tertiary/aromatic N) is 1. The molecule has 0 fully saturated rings. The van der Waals surface area contributed by atoms with Crippen molar-refractivity contribution in [3.63, 3.8) is 0 Å². The first-order chi connectivity index (χ1) is 8.66. The molecule has 18 heavy (non-hydrogen) atoms. The molecule has 0 aliphatic heterocycles. The molecule has 1 heterocycles. The molecule has 1 nitrogen and oxygen atoms in total. The molecule has 0 saturated heterocycles. The lowest BCUT2D eigenvalue weighted by Gasteiger charge is -2.14. The predicted octanol–water partition coefficient (Wildman–Crippen LogP) is 3.78. The molecule has 2 rings (SSSR count). The van der Waals surface area contributed by atoms with E-state index in [-0.39, 0.29) is 0 Å². The summed E-state index contributed by atoms with van der Waals surface area (Å²) < 4.78 is 2.27. The van der Waals surface area contributed by atoms with Crippen molar-refractivity contribution in [1.29, 1.82) is 0 Å². The molecule has 0 aliphatic rings. The minimum Gasteiger partial charge on any atom is -0.200 e. The lowest BCUT2D eigenvalue weighted by Crippen LogP contribution is -2.34. The molecule has 1 heteroatoms. The summed E-state index contributed by atoms with van der Waals surface area (Å²) in [4.78, 5) is 0. The number of rotatable bonds is 4. The normalized spacial score (nSPS) is 12.7. The van der Waals surface area contributed by atoms with Crippen LogP contribution in [0, 0.1) is 5.92 Å². The van der Waals surface area contributed by atoms with Gasteiger partial charge in [-0.05, 0) is 17.9 Å². The van der Waals surface area contributed by atoms with Gasteiger partial charge in [-0.25, -0.2) is 4.57 Å². The van der Waals surface area contributed by atoms with Gasteiger partial charge in [-0.15, -0.1) is 0 Å². The van der Waals surface area contributed by atoms with Crippen molar-refractivity contribution in [2.75, 3.05) is 0 Å². The average molecular weight is 240 g/mol. The molecule has 0 radical (unpaired) electrons. The van der Waals surface area contributed by atoms with Gasteiger partial charge in [0.25, 0.3) is 0 Å². The summed E-state index contributed by atoms with van der Waals surface area (Å²) in [7, 11) is 0. The Morgan fingerprint density at radius 3 is 2.33 bits per heavy atom. The fraction of sp³-hybridized carbons (Fsp3) is 0.353. The Morgan fingerprint density at radius 1 is 0.944 bits per heavy atom. The molecule has 0 N–H and O–H groups in total. The zero-order chi connectivity index (χ0) is 13.0. The van der Waals surface area contributed by atoms with Crippen LogP contribution in [0.25, 0.3) is 0 Å². The van der Waals surface area contributed by atoms with Crippen molar-refractivity contribution in [2.45, 2.75) is 33.2 Å². The van der Waals surface area contributed by atoms with Crippen molar-refractivity contribution in [1.82, 2.24) is 0 Å². The van der Waals surface area contributed by atoms with Crippen LogP contribution in [0.3, 0.4) is 0 Å². The molecular weight excluding hydrogens is 218 g/mol. The van der Waals surface area contributed by atoms with Crippen LogP contribution in [-0.4, -0.2) is 0 Å². The van der Waals surface area contributed by atoms with Crippen LogP contribution in [0.2, 0.25) is 0 Å². The molecule has 1 atom stereocenters. The summed E-state index contributed by atoms with van der Waals surface area (Å²) in [6.07, 6.45) is 4.42. The Bertz CT molecular complexity index is 488. The van der Waals surface area contributed by atoms with Crippen LogP contribution >= 0.6 is 0 Å². The maximum absolute atomic E-state index is 2.30. The van der Waals surface area contributed by atoms with Gasteiger partial charge in [-0.2, -0.15) is 0 Å². The minimum atomic E-state index is 0.605. The Morgan fingerprint density at radius 2 is 1.67 bits per heavy atom. The van der Waals surface area contributed by atoms with Crippen molar-refractivity contribution >= 4 is 0 Å². The second kappa shape index (κ2) is 5.81. The first kappa shape index (κ1) is 12.8. The third kappa shape index (κ3) is 3.19. The van der Waals surface area contributed by atoms with Crippen molar-refractivity contribution in [2.24, 2.45) is 5.92 Å². The third-order valence-electron chi connectivity index (χ3n) is 3.61. The highest BCUT2D eigenvalue weighted by molar-refractivity contribution is 5.14. The molecule has 0 aliphatic carbocycles. The highest BCUT2D eigenvalue weighted by Gasteiger charge is 2.13. The van der Waals surface area contributed by atoms with E-state index in [1.807, 2.05) is 0 Å². The van der Waals surface area contributed by atoms with Crippen molar-refractivity contribution < 1.29 is 4.57 Å². The van der Waals surface area contributed by atoms with Gasteiger partial charge in [0.2, 0.25) is 0 Å². The number of pyridine rings is 1. The van der Waals surface area contributed by atoms with Gasteiger partial charge in [0.1, 0.15) is 0 Å². The van der Waals surface area contributed by atoms with E-state index >= 15 is 0 Å². The van der Waals surface area contributed by atoms with E-state index in [4.69, 9.17) is 0 Å². The standard InChI is InChI=1S/C17H22N/c1-14(2)15(3)17-10-7-11-18(13-17)12-16-8-5-4-6-9-16/h4-11,13-15H,12H2,1-3H3/q+1. The van der Waals surface area contributed by atoms with Gasteiger partial charge >= 0.3 is 0 Å². The monoisotopic (exact) mass is 240 g/mol. The predicted molar refractivity (Wildman–Crippen MR) is 75.4 cm³/mol. The topological polar surface area (TPSA) is 3.88 Å². The van der Waals surface area contributed by atoms with E-state index in [0.717, 1.165) is 6.54 Å². The molecular formula is C17H22N+. The van der Waals surface area contributed by atoms with E-state index in [2.05, 4.69) is 80.2 Å². The second-order valence-electron chi connectivity index (χ2n) is 5.33. The lowest BCUT2D eigenvalue weighted by molar-refractivity contribution is -0.688. The van der Waals surface area contributed by atoms with Gasteiger partial charge < -0.3 is 0 Å². The van der Waals surface area contributed by atoms with Crippen LogP contribution in [0.4, 0.5) is 0 Å². The number of hydrogen-bond acceptors (Lipinski definition) is 0. The van der Waals surface area contributed by atoms with E-state index in [0.29, 0.717) is 11.8 Å². The molecule has 0 spiro atoms. The fourth-order valence-electron chi connectivity index (χ4n) is 2.09. The first-order valence-electron chi connectivity index (χ1n) is 6.69. The van der Waals surface area contributed by atoms with Gasteiger partial charge in [-0.3, -0.25) is 0 Å². The molecule has 0 saturated carbocycles. The van der Waals surface area contributed by atoms with Gasteiger partial charge in [0.15, 0.2) is 18.9 Å². The van der Waals surface area contributed by atoms with Gasteiger partial charge in [-0.1, -0.05) is 51.1 Å². The Balaban J connectivity index is 2.18. The van der Waals surface area contributed by atoms with E-state index in [9.17, 15) is 0 Å². The number of aromatic nitrogens is 1. The third-order valence-corrected chi connectivity index (χ3v) is 3.61. The minimum absolute atomic E-state index is 0.605. The SMILES string of the molecule is CC(C)C(C)c1ccc[n+](Cc2ccccc2)c1. The second-order valence-corrected chi connectivity index (χ2v) is 5.33. The molecule has 94 valence electrons. The van der Waals surface area contributed by atoms with Crippen LogP contribution in [0.5, 0.6) is 0 Å². The summed E-state index contributed by atoms with van der Waals surface area (Å²) in [5.41, 5.74) is 2.76. The summed E-state index contributed by atoms with van der Waals surface area (Å²) in [6.45, 7) is 7.80. The van der Waals surface area contributed by atoms with E-state index < -0.39 is 0 Å². The molecule has 1 unspecified atom stereocenters. The quantitative estimate of drug-likeness (QED) is 0.716. The van der Waals surface area contributed by atoms with E-state index in [1.54, 1.807) is 0 Å². The first-order valence-corrected chi connectivity index (χ1v) is 6.69. The van der Waals surface area contributed by atoms with Crippen LogP contribution in [-0.2, 0) is 6.54 Å².